The summed E-state index contributed by atoms with van der Waals surface area (Å²) in [5, 5.41) is 7.93. The molecule has 0 aliphatic heterocycles. The Balaban J connectivity index is 1.61. The van der Waals surface area contributed by atoms with Crippen molar-refractivity contribution in [1.29, 1.82) is 0 Å². The van der Waals surface area contributed by atoms with Crippen molar-refractivity contribution in [2.45, 2.75) is 25.7 Å². The summed E-state index contributed by atoms with van der Waals surface area (Å²) < 4.78 is 0. The van der Waals surface area contributed by atoms with E-state index in [1.165, 1.54) is 43.4 Å². The molecule has 136 valence electrons. The van der Waals surface area contributed by atoms with Crippen LogP contribution in [-0.2, 0) is 11.8 Å². The minimum Gasteiger partial charge on any atom is -0.0616 e. The maximum Gasteiger partial charge on any atom is -0.00571 e. The van der Waals surface area contributed by atoms with Gasteiger partial charge in [0.15, 0.2) is 0 Å². The van der Waals surface area contributed by atoms with E-state index in [1.54, 1.807) is 0 Å². The lowest BCUT2D eigenvalue weighted by atomic mass is 9.76. The summed E-state index contributed by atoms with van der Waals surface area (Å²) in [5.74, 6) is 0. The molecule has 0 aromatic heterocycles. The van der Waals surface area contributed by atoms with Gasteiger partial charge in [0.2, 0.25) is 0 Å². The maximum atomic E-state index is 2.37. The lowest BCUT2D eigenvalue weighted by molar-refractivity contribution is 0.527. The van der Waals surface area contributed by atoms with Crippen LogP contribution in [0.3, 0.4) is 0 Å². The highest BCUT2D eigenvalue weighted by molar-refractivity contribution is 6.00. The third-order valence-corrected chi connectivity index (χ3v) is 5.94. The summed E-state index contributed by atoms with van der Waals surface area (Å²) in [7, 11) is 0. The van der Waals surface area contributed by atoms with Crippen LogP contribution in [-0.4, -0.2) is 0 Å². The van der Waals surface area contributed by atoms with Gasteiger partial charge in [-0.2, -0.15) is 0 Å². The predicted octanol–water partition coefficient (Wildman–Crippen LogP) is 7.67. The number of fused-ring (bicyclic) bond motifs is 3. The van der Waals surface area contributed by atoms with E-state index in [2.05, 4.69) is 111 Å². The third kappa shape index (κ3) is 2.96. The van der Waals surface area contributed by atoms with Gasteiger partial charge in [0.25, 0.3) is 0 Å². The first-order chi connectivity index (χ1) is 13.6. The molecule has 0 saturated heterocycles. The molecular weight excluding hydrogens is 336 g/mol. The van der Waals surface area contributed by atoms with Gasteiger partial charge in [-0.1, -0.05) is 98.8 Å². The fraction of sp³-hybridized carbons (Fsp3) is 0.143. The Labute approximate surface area is 166 Å². The fourth-order valence-electron chi connectivity index (χ4n) is 4.51. The van der Waals surface area contributed by atoms with Gasteiger partial charge in [-0.15, -0.1) is 0 Å². The molecule has 0 fully saturated rings. The average Bonchev–Trinajstić information content (AvgIpc) is 2.71. The Morgan fingerprint density at radius 3 is 1.89 bits per heavy atom. The zero-order valence-electron chi connectivity index (χ0n) is 16.4. The molecule has 0 heteroatoms. The summed E-state index contributed by atoms with van der Waals surface area (Å²) >= 11 is 0. The summed E-state index contributed by atoms with van der Waals surface area (Å²) in [6.07, 6.45) is 1.02. The molecule has 0 bridgehead atoms. The largest absolute Gasteiger partial charge is 0.0616 e. The topological polar surface area (TPSA) is 0 Å². The lowest BCUT2D eigenvalue weighted by Gasteiger charge is -2.27. The Kier molecular flexibility index (Phi) is 3.94. The first kappa shape index (κ1) is 17.0. The smallest absolute Gasteiger partial charge is 0.00571 e. The highest BCUT2D eigenvalue weighted by Gasteiger charge is 2.23. The lowest BCUT2D eigenvalue weighted by Crippen LogP contribution is -2.21. The number of hydrogen-bond acceptors (Lipinski definition) is 0. The predicted molar refractivity (Wildman–Crippen MR) is 122 cm³/mol. The molecule has 0 saturated carbocycles. The van der Waals surface area contributed by atoms with E-state index in [-0.39, 0.29) is 5.41 Å². The Hall–Kier alpha value is -3.12. The minimum atomic E-state index is 0.0461. The molecule has 5 aromatic carbocycles. The fourth-order valence-corrected chi connectivity index (χ4v) is 4.51. The zero-order valence-corrected chi connectivity index (χ0v) is 16.4. The molecule has 0 spiro atoms. The number of hydrogen-bond donors (Lipinski definition) is 0. The van der Waals surface area contributed by atoms with E-state index < -0.39 is 0 Å². The van der Waals surface area contributed by atoms with Crippen LogP contribution in [0.4, 0.5) is 0 Å². The molecule has 0 heterocycles. The number of rotatable bonds is 3. The van der Waals surface area contributed by atoms with Gasteiger partial charge < -0.3 is 0 Å². The Bertz CT molecular complexity index is 1310. The summed E-state index contributed by atoms with van der Waals surface area (Å²) in [4.78, 5) is 0. The summed E-state index contributed by atoms with van der Waals surface area (Å²) in [6, 6.07) is 35.5. The van der Waals surface area contributed by atoms with Gasteiger partial charge in [-0.05, 0) is 67.4 Å². The molecule has 5 rings (SSSR count). The van der Waals surface area contributed by atoms with Gasteiger partial charge in [0.1, 0.15) is 0 Å². The molecule has 0 radical (unpaired) electrons. The van der Waals surface area contributed by atoms with Crippen molar-refractivity contribution in [2.24, 2.45) is 0 Å². The quantitative estimate of drug-likeness (QED) is 0.290. The van der Waals surface area contributed by atoms with Crippen LogP contribution in [0, 0.1) is 0 Å². The van der Waals surface area contributed by atoms with Crippen LogP contribution < -0.4 is 0 Å². The van der Waals surface area contributed by atoms with Gasteiger partial charge in [-0.3, -0.25) is 0 Å². The van der Waals surface area contributed by atoms with E-state index in [0.717, 1.165) is 6.42 Å². The SMILES string of the molecule is CC(C)(Cc1ccc2ccccc2c1)c1cccc2cc3ccccc3cc12. The molecule has 0 amide bonds. The molecular formula is C28H24. The van der Waals surface area contributed by atoms with Gasteiger partial charge >= 0.3 is 0 Å². The van der Waals surface area contributed by atoms with E-state index >= 15 is 0 Å². The van der Waals surface area contributed by atoms with Crippen LogP contribution in [0.5, 0.6) is 0 Å². The average molecular weight is 361 g/mol. The van der Waals surface area contributed by atoms with Crippen molar-refractivity contribution in [3.63, 3.8) is 0 Å². The second-order valence-corrected chi connectivity index (χ2v) is 8.47. The molecule has 0 atom stereocenters. The van der Waals surface area contributed by atoms with Crippen molar-refractivity contribution in [1.82, 2.24) is 0 Å². The van der Waals surface area contributed by atoms with Crippen molar-refractivity contribution in [3.8, 4) is 0 Å². The minimum absolute atomic E-state index is 0.0461. The second-order valence-electron chi connectivity index (χ2n) is 8.47. The summed E-state index contributed by atoms with van der Waals surface area (Å²) in [6.45, 7) is 4.73. The van der Waals surface area contributed by atoms with E-state index in [0.29, 0.717) is 0 Å². The standard InChI is InChI=1S/C28H24/c1-28(2,19-20-14-15-21-8-3-4-9-22(21)16-20)27-13-7-12-25-17-23-10-5-6-11-24(23)18-26(25)27/h3-18H,19H2,1-2H3. The molecule has 28 heavy (non-hydrogen) atoms. The third-order valence-electron chi connectivity index (χ3n) is 5.94. The molecule has 0 aliphatic rings. The van der Waals surface area contributed by atoms with Crippen LogP contribution in [0.25, 0.3) is 32.3 Å². The monoisotopic (exact) mass is 360 g/mol. The molecule has 0 aliphatic carbocycles. The number of benzene rings is 5. The highest BCUT2D eigenvalue weighted by Crippen LogP contribution is 2.35. The first-order valence-corrected chi connectivity index (χ1v) is 10.00. The van der Waals surface area contributed by atoms with Crippen LogP contribution >= 0.6 is 0 Å². The van der Waals surface area contributed by atoms with Gasteiger partial charge in [0.05, 0.1) is 0 Å². The van der Waals surface area contributed by atoms with E-state index in [1.807, 2.05) is 0 Å². The van der Waals surface area contributed by atoms with Crippen LogP contribution in [0.15, 0.2) is 97.1 Å². The van der Waals surface area contributed by atoms with Crippen LogP contribution in [0.2, 0.25) is 0 Å². The van der Waals surface area contributed by atoms with Crippen molar-refractivity contribution < 1.29 is 0 Å². The van der Waals surface area contributed by atoms with Gasteiger partial charge in [0, 0.05) is 0 Å². The molecule has 0 unspecified atom stereocenters. The van der Waals surface area contributed by atoms with E-state index in [4.69, 9.17) is 0 Å². The Morgan fingerprint density at radius 1 is 0.536 bits per heavy atom. The molecule has 5 aromatic rings. The van der Waals surface area contributed by atoms with Gasteiger partial charge in [-0.25, -0.2) is 0 Å². The van der Waals surface area contributed by atoms with Crippen molar-refractivity contribution in [3.05, 3.63) is 108 Å². The van der Waals surface area contributed by atoms with Crippen molar-refractivity contribution in [2.75, 3.05) is 0 Å². The Morgan fingerprint density at radius 2 is 1.14 bits per heavy atom. The molecule has 0 N–H and O–H groups in total. The normalized spacial score (nSPS) is 12.1. The van der Waals surface area contributed by atoms with Crippen LogP contribution in [0.1, 0.15) is 25.0 Å². The zero-order chi connectivity index (χ0) is 19.1. The first-order valence-electron chi connectivity index (χ1n) is 10.00. The maximum absolute atomic E-state index is 2.37. The van der Waals surface area contributed by atoms with E-state index in [9.17, 15) is 0 Å². The van der Waals surface area contributed by atoms with Crippen molar-refractivity contribution >= 4 is 32.3 Å². The highest BCUT2D eigenvalue weighted by atomic mass is 14.3. The second kappa shape index (κ2) is 6.49. The molecule has 0 nitrogen and oxygen atoms in total. The summed E-state index contributed by atoms with van der Waals surface area (Å²) in [5.41, 5.74) is 2.86.